The van der Waals surface area contributed by atoms with Crippen LogP contribution in [0.1, 0.15) is 13.8 Å². The van der Waals surface area contributed by atoms with Gasteiger partial charge in [0.05, 0.1) is 18.8 Å². The summed E-state index contributed by atoms with van der Waals surface area (Å²) in [4.78, 5) is 24.1. The molecule has 0 aliphatic heterocycles. The van der Waals surface area contributed by atoms with Crippen LogP contribution in [-0.4, -0.2) is 49.0 Å². The molecular formula is C10H19NO3S. The Balaban J connectivity index is 3.70. The van der Waals surface area contributed by atoms with Gasteiger partial charge in [0.15, 0.2) is 0 Å². The van der Waals surface area contributed by atoms with Gasteiger partial charge in [-0.05, 0) is 6.92 Å². The van der Waals surface area contributed by atoms with Crippen molar-refractivity contribution >= 4 is 23.6 Å². The molecule has 0 spiro atoms. The van der Waals surface area contributed by atoms with Crippen molar-refractivity contribution < 1.29 is 14.3 Å². The van der Waals surface area contributed by atoms with E-state index in [1.165, 1.54) is 18.9 Å². The Bertz CT molecular complexity index is 221. The van der Waals surface area contributed by atoms with Gasteiger partial charge in [0.1, 0.15) is 0 Å². The molecule has 0 saturated heterocycles. The van der Waals surface area contributed by atoms with Crippen molar-refractivity contribution in [2.45, 2.75) is 13.8 Å². The highest BCUT2D eigenvalue weighted by Gasteiger charge is 2.14. The van der Waals surface area contributed by atoms with E-state index in [1.54, 1.807) is 18.9 Å². The number of carbonyl (C=O) groups is 2. The summed E-state index contributed by atoms with van der Waals surface area (Å²) in [7, 11) is 3.14. The first-order valence-corrected chi connectivity index (χ1v) is 6.07. The van der Waals surface area contributed by atoms with Gasteiger partial charge in [-0.15, -0.1) is 0 Å². The quantitative estimate of drug-likeness (QED) is 0.642. The molecule has 1 amide bonds. The highest BCUT2D eigenvalue weighted by atomic mass is 32.2. The Morgan fingerprint density at radius 3 is 2.53 bits per heavy atom. The zero-order valence-corrected chi connectivity index (χ0v) is 10.6. The minimum Gasteiger partial charge on any atom is -0.469 e. The van der Waals surface area contributed by atoms with Crippen LogP contribution < -0.4 is 0 Å². The normalized spacial score (nSPS) is 12.0. The van der Waals surface area contributed by atoms with Crippen LogP contribution in [0.2, 0.25) is 0 Å². The molecule has 0 rings (SSSR count). The Hall–Kier alpha value is -0.710. The molecule has 4 nitrogen and oxygen atoms in total. The SMILES string of the molecule is CCN(C)C(=O)CSCC(C)C(=O)OC. The van der Waals surface area contributed by atoms with Crippen molar-refractivity contribution in [2.24, 2.45) is 5.92 Å². The molecule has 1 unspecified atom stereocenters. The van der Waals surface area contributed by atoms with Gasteiger partial charge >= 0.3 is 5.97 Å². The van der Waals surface area contributed by atoms with Crippen molar-refractivity contribution in [1.29, 1.82) is 0 Å². The Morgan fingerprint density at radius 2 is 2.07 bits per heavy atom. The van der Waals surface area contributed by atoms with E-state index < -0.39 is 0 Å². The van der Waals surface area contributed by atoms with E-state index in [-0.39, 0.29) is 17.8 Å². The van der Waals surface area contributed by atoms with E-state index >= 15 is 0 Å². The number of nitrogens with zero attached hydrogens (tertiary/aromatic N) is 1. The minimum atomic E-state index is -0.223. The number of hydrogen-bond donors (Lipinski definition) is 0. The lowest BCUT2D eigenvalue weighted by molar-refractivity contribution is -0.144. The zero-order valence-electron chi connectivity index (χ0n) is 9.78. The fourth-order valence-corrected chi connectivity index (χ4v) is 1.88. The van der Waals surface area contributed by atoms with Gasteiger partial charge in [-0.2, -0.15) is 11.8 Å². The summed E-state index contributed by atoms with van der Waals surface area (Å²) in [6.45, 7) is 4.44. The molecule has 0 aromatic heterocycles. The molecule has 1 atom stereocenters. The third-order valence-electron chi connectivity index (χ3n) is 2.10. The summed E-state index contributed by atoms with van der Waals surface area (Å²) in [5, 5.41) is 0. The van der Waals surface area contributed by atoms with E-state index in [4.69, 9.17) is 0 Å². The molecule has 0 N–H and O–H groups in total. The summed E-state index contributed by atoms with van der Waals surface area (Å²) in [5.74, 6) is 0.764. The number of hydrogen-bond acceptors (Lipinski definition) is 4. The highest BCUT2D eigenvalue weighted by molar-refractivity contribution is 7.99. The molecule has 0 bridgehead atoms. The predicted molar refractivity (Wildman–Crippen MR) is 61.8 cm³/mol. The third-order valence-corrected chi connectivity index (χ3v) is 3.28. The molecule has 0 heterocycles. The maximum Gasteiger partial charge on any atom is 0.309 e. The van der Waals surface area contributed by atoms with Crippen LogP contribution >= 0.6 is 11.8 Å². The first-order chi connectivity index (χ1) is 7.02. The highest BCUT2D eigenvalue weighted by Crippen LogP contribution is 2.10. The van der Waals surface area contributed by atoms with Crippen molar-refractivity contribution in [2.75, 3.05) is 32.2 Å². The van der Waals surface area contributed by atoms with Gasteiger partial charge in [0.25, 0.3) is 0 Å². The molecule has 0 aliphatic rings. The maximum absolute atomic E-state index is 11.4. The predicted octanol–water partition coefficient (Wildman–Crippen LogP) is 1.01. The second kappa shape index (κ2) is 7.56. The van der Waals surface area contributed by atoms with E-state index in [1.807, 2.05) is 6.92 Å². The van der Waals surface area contributed by atoms with Gasteiger partial charge in [-0.25, -0.2) is 0 Å². The lowest BCUT2D eigenvalue weighted by atomic mass is 10.2. The van der Waals surface area contributed by atoms with Crippen LogP contribution in [0.4, 0.5) is 0 Å². The van der Waals surface area contributed by atoms with Crippen LogP contribution in [0.3, 0.4) is 0 Å². The standard InChI is InChI=1S/C10H19NO3S/c1-5-11(3)9(12)7-15-6-8(2)10(13)14-4/h8H,5-7H2,1-4H3. The lowest BCUT2D eigenvalue weighted by Crippen LogP contribution is -2.28. The van der Waals surface area contributed by atoms with Crippen LogP contribution in [0.5, 0.6) is 0 Å². The average molecular weight is 233 g/mol. The van der Waals surface area contributed by atoms with Crippen LogP contribution in [0.25, 0.3) is 0 Å². The summed E-state index contributed by atoms with van der Waals surface area (Å²) >= 11 is 1.46. The maximum atomic E-state index is 11.4. The molecule has 0 aromatic rings. The molecule has 15 heavy (non-hydrogen) atoms. The van der Waals surface area contributed by atoms with Gasteiger partial charge in [0, 0.05) is 19.3 Å². The Kier molecular flexibility index (Phi) is 7.21. The van der Waals surface area contributed by atoms with E-state index in [2.05, 4.69) is 4.74 Å². The van der Waals surface area contributed by atoms with Gasteiger partial charge in [0.2, 0.25) is 5.91 Å². The molecule has 0 aliphatic carbocycles. The summed E-state index contributed by atoms with van der Waals surface area (Å²) < 4.78 is 4.59. The summed E-state index contributed by atoms with van der Waals surface area (Å²) in [5.41, 5.74) is 0. The van der Waals surface area contributed by atoms with Gasteiger partial charge in [-0.3, -0.25) is 9.59 Å². The van der Waals surface area contributed by atoms with Crippen molar-refractivity contribution in [3.05, 3.63) is 0 Å². The van der Waals surface area contributed by atoms with Gasteiger partial charge in [-0.1, -0.05) is 6.92 Å². The second-order valence-corrected chi connectivity index (χ2v) is 4.38. The van der Waals surface area contributed by atoms with Crippen LogP contribution in [0, 0.1) is 5.92 Å². The number of methoxy groups -OCH3 is 1. The molecular weight excluding hydrogens is 214 g/mol. The third kappa shape index (κ3) is 5.67. The first-order valence-electron chi connectivity index (χ1n) is 4.92. The molecule has 0 fully saturated rings. The zero-order chi connectivity index (χ0) is 11.8. The fourth-order valence-electron chi connectivity index (χ4n) is 0.879. The molecule has 0 aromatic carbocycles. The molecule has 0 saturated carbocycles. The Labute approximate surface area is 95.3 Å². The van der Waals surface area contributed by atoms with E-state index in [0.29, 0.717) is 18.1 Å². The molecule has 5 heteroatoms. The van der Waals surface area contributed by atoms with Crippen LogP contribution in [-0.2, 0) is 14.3 Å². The monoisotopic (exact) mass is 233 g/mol. The number of amides is 1. The fraction of sp³-hybridized carbons (Fsp3) is 0.800. The van der Waals surface area contributed by atoms with Crippen molar-refractivity contribution in [1.82, 2.24) is 4.90 Å². The number of carbonyl (C=O) groups excluding carboxylic acids is 2. The van der Waals surface area contributed by atoms with Gasteiger partial charge < -0.3 is 9.64 Å². The van der Waals surface area contributed by atoms with Crippen LogP contribution in [0.15, 0.2) is 0 Å². The summed E-state index contributed by atoms with van der Waals surface area (Å²) in [6, 6.07) is 0. The molecule has 0 radical (unpaired) electrons. The molecule has 88 valence electrons. The average Bonchev–Trinajstić information content (AvgIpc) is 2.26. The number of esters is 1. The topological polar surface area (TPSA) is 46.6 Å². The summed E-state index contributed by atoms with van der Waals surface area (Å²) in [6.07, 6.45) is 0. The van der Waals surface area contributed by atoms with E-state index in [0.717, 1.165) is 0 Å². The first kappa shape index (κ1) is 14.3. The van der Waals surface area contributed by atoms with Crippen molar-refractivity contribution in [3.8, 4) is 0 Å². The Morgan fingerprint density at radius 1 is 1.47 bits per heavy atom. The smallest absolute Gasteiger partial charge is 0.309 e. The number of ether oxygens (including phenoxy) is 1. The number of thioether (sulfide) groups is 1. The van der Waals surface area contributed by atoms with E-state index in [9.17, 15) is 9.59 Å². The van der Waals surface area contributed by atoms with Crippen molar-refractivity contribution in [3.63, 3.8) is 0 Å². The lowest BCUT2D eigenvalue weighted by Gasteiger charge is -2.14. The largest absolute Gasteiger partial charge is 0.469 e. The number of rotatable bonds is 6. The minimum absolute atomic E-state index is 0.0968. The second-order valence-electron chi connectivity index (χ2n) is 3.35.